The molecule has 2 aromatic carbocycles. The predicted molar refractivity (Wildman–Crippen MR) is 99.7 cm³/mol. The fraction of sp³-hybridized carbons (Fsp3) is 0.125. The number of hydrogen-bond acceptors (Lipinski definition) is 5. The van der Waals surface area contributed by atoms with Gasteiger partial charge in [0.2, 0.25) is 5.91 Å². The summed E-state index contributed by atoms with van der Waals surface area (Å²) in [4.78, 5) is 34.4. The molecule has 25 heavy (non-hydrogen) atoms. The molecule has 9 heteroatoms. The Balaban J connectivity index is 1.85. The number of hydrogen-bond donors (Lipinski definition) is 1. The van der Waals surface area contributed by atoms with E-state index in [1.807, 2.05) is 19.1 Å². The lowest BCUT2D eigenvalue weighted by Crippen LogP contribution is -2.24. The van der Waals surface area contributed by atoms with Crippen molar-refractivity contribution >= 4 is 51.0 Å². The molecule has 1 aromatic heterocycles. The summed E-state index contributed by atoms with van der Waals surface area (Å²) in [5.41, 5.74) is 1.92. The van der Waals surface area contributed by atoms with E-state index < -0.39 is 16.6 Å². The van der Waals surface area contributed by atoms with Crippen LogP contribution in [0.4, 0.5) is 11.4 Å². The van der Waals surface area contributed by atoms with Crippen molar-refractivity contribution < 1.29 is 14.1 Å². The summed E-state index contributed by atoms with van der Waals surface area (Å²) in [5, 5.41) is 13.5. The summed E-state index contributed by atoms with van der Waals surface area (Å²) in [6.45, 7) is 1.71. The van der Waals surface area contributed by atoms with Crippen molar-refractivity contribution in [3.05, 3.63) is 66.2 Å². The van der Waals surface area contributed by atoms with Gasteiger partial charge in [-0.3, -0.25) is 19.5 Å². The number of carbonyl (C=O) groups excluding carboxylic acids is 1. The van der Waals surface area contributed by atoms with Crippen molar-refractivity contribution in [2.45, 2.75) is 13.5 Å². The Morgan fingerprint density at radius 1 is 1.32 bits per heavy atom. The van der Waals surface area contributed by atoms with E-state index in [1.54, 1.807) is 6.07 Å². The molecule has 0 saturated carbocycles. The van der Waals surface area contributed by atoms with Gasteiger partial charge >= 0.3 is 5.76 Å². The Hall–Kier alpha value is -2.69. The number of halogens is 1. The molecule has 0 unspecified atom stereocenters. The lowest BCUT2D eigenvalue weighted by Gasteiger charge is -2.07. The van der Waals surface area contributed by atoms with Crippen molar-refractivity contribution in [2.75, 3.05) is 5.32 Å². The SMILES string of the molecule is Cc1ccc(NC(=O)Cn2c(=O)oc3cc([N+](=O)[O-])ccc32)cc1I. The predicted octanol–water partition coefficient (Wildman–Crippen LogP) is 3.05. The molecule has 0 aliphatic rings. The largest absolute Gasteiger partial charge is 0.420 e. The maximum atomic E-state index is 12.2. The van der Waals surface area contributed by atoms with Gasteiger partial charge in [-0.25, -0.2) is 4.79 Å². The Kier molecular flexibility index (Phi) is 4.57. The van der Waals surface area contributed by atoms with Gasteiger partial charge in [0.05, 0.1) is 16.5 Å². The first kappa shape index (κ1) is 17.1. The van der Waals surface area contributed by atoms with Crippen LogP contribution in [0.25, 0.3) is 11.1 Å². The van der Waals surface area contributed by atoms with Crippen LogP contribution in [0.5, 0.6) is 0 Å². The molecule has 1 amide bonds. The van der Waals surface area contributed by atoms with E-state index in [1.165, 1.54) is 12.1 Å². The molecule has 0 saturated heterocycles. The van der Waals surface area contributed by atoms with E-state index >= 15 is 0 Å². The number of carbonyl (C=O) groups is 1. The molecule has 0 aliphatic heterocycles. The van der Waals surface area contributed by atoms with Gasteiger partial charge in [0.1, 0.15) is 6.54 Å². The molecule has 0 aliphatic carbocycles. The van der Waals surface area contributed by atoms with Crippen molar-refractivity contribution in [3.8, 4) is 0 Å². The van der Waals surface area contributed by atoms with Gasteiger partial charge in [-0.2, -0.15) is 0 Å². The number of amides is 1. The zero-order valence-corrected chi connectivity index (χ0v) is 15.1. The Labute approximate surface area is 154 Å². The number of nitro groups is 1. The summed E-state index contributed by atoms with van der Waals surface area (Å²) in [5.74, 6) is -1.15. The lowest BCUT2D eigenvalue weighted by molar-refractivity contribution is -0.384. The van der Waals surface area contributed by atoms with Crippen LogP contribution in [0.3, 0.4) is 0 Å². The van der Waals surface area contributed by atoms with E-state index in [0.29, 0.717) is 11.2 Å². The maximum Gasteiger partial charge on any atom is 0.420 e. The minimum absolute atomic E-state index is 0.0666. The Bertz CT molecular complexity index is 1050. The number of fused-ring (bicyclic) bond motifs is 1. The first-order chi connectivity index (χ1) is 11.8. The third kappa shape index (κ3) is 3.55. The van der Waals surface area contributed by atoms with Crippen molar-refractivity contribution in [2.24, 2.45) is 0 Å². The molecular formula is C16H12IN3O5. The smallest absolute Gasteiger partial charge is 0.407 e. The van der Waals surface area contributed by atoms with Gasteiger partial charge in [0.15, 0.2) is 5.58 Å². The maximum absolute atomic E-state index is 12.2. The van der Waals surface area contributed by atoms with Crippen LogP contribution in [0.2, 0.25) is 0 Å². The number of aryl methyl sites for hydroxylation is 1. The standard InChI is InChI=1S/C16H12IN3O5/c1-9-2-3-10(6-12(9)17)18-15(21)8-19-13-5-4-11(20(23)24)7-14(13)25-16(19)22/h2-7H,8H2,1H3,(H,18,21). The van der Waals surface area contributed by atoms with Crippen LogP contribution in [0.1, 0.15) is 5.56 Å². The highest BCUT2D eigenvalue weighted by atomic mass is 127. The number of nitro benzene ring substituents is 1. The molecule has 0 spiro atoms. The molecule has 0 bridgehead atoms. The van der Waals surface area contributed by atoms with Crippen molar-refractivity contribution in [1.82, 2.24) is 4.57 Å². The highest BCUT2D eigenvalue weighted by Gasteiger charge is 2.16. The molecule has 1 heterocycles. The molecule has 128 valence electrons. The molecular weight excluding hydrogens is 441 g/mol. The van der Waals surface area contributed by atoms with Gasteiger partial charge in [-0.15, -0.1) is 0 Å². The second-order valence-electron chi connectivity index (χ2n) is 5.38. The van der Waals surface area contributed by atoms with E-state index in [2.05, 4.69) is 27.9 Å². The average molecular weight is 453 g/mol. The average Bonchev–Trinajstić information content (AvgIpc) is 2.86. The number of nitrogens with one attached hydrogen (secondary N) is 1. The van der Waals surface area contributed by atoms with Crippen LogP contribution < -0.4 is 11.1 Å². The number of nitrogens with zero attached hydrogens (tertiary/aromatic N) is 2. The molecule has 0 fully saturated rings. The van der Waals surface area contributed by atoms with Gasteiger partial charge in [0.25, 0.3) is 5.69 Å². The fourth-order valence-electron chi connectivity index (χ4n) is 2.33. The van der Waals surface area contributed by atoms with E-state index in [4.69, 9.17) is 4.42 Å². The first-order valence-electron chi connectivity index (χ1n) is 7.19. The molecule has 0 radical (unpaired) electrons. The minimum atomic E-state index is -0.746. The third-order valence-corrected chi connectivity index (χ3v) is 4.78. The molecule has 3 rings (SSSR count). The lowest BCUT2D eigenvalue weighted by atomic mass is 10.2. The summed E-state index contributed by atoms with van der Waals surface area (Å²) < 4.78 is 7.14. The Morgan fingerprint density at radius 2 is 2.08 bits per heavy atom. The number of oxazole rings is 1. The number of anilines is 1. The number of aromatic nitrogens is 1. The highest BCUT2D eigenvalue weighted by Crippen LogP contribution is 2.20. The minimum Gasteiger partial charge on any atom is -0.407 e. The van der Waals surface area contributed by atoms with Crippen LogP contribution in [0.15, 0.2) is 45.6 Å². The monoisotopic (exact) mass is 453 g/mol. The van der Waals surface area contributed by atoms with Crippen LogP contribution in [0, 0.1) is 20.6 Å². The second-order valence-corrected chi connectivity index (χ2v) is 6.54. The second kappa shape index (κ2) is 6.67. The van der Waals surface area contributed by atoms with Crippen molar-refractivity contribution in [3.63, 3.8) is 0 Å². The zero-order valence-electron chi connectivity index (χ0n) is 13.0. The quantitative estimate of drug-likeness (QED) is 0.371. The van der Waals surface area contributed by atoms with Gasteiger partial charge < -0.3 is 9.73 Å². The number of benzene rings is 2. The molecule has 8 nitrogen and oxygen atoms in total. The van der Waals surface area contributed by atoms with E-state index in [0.717, 1.165) is 19.8 Å². The van der Waals surface area contributed by atoms with E-state index in [-0.39, 0.29) is 17.8 Å². The molecule has 3 aromatic rings. The van der Waals surface area contributed by atoms with Gasteiger partial charge in [0, 0.05) is 15.3 Å². The van der Waals surface area contributed by atoms with Gasteiger partial charge in [-0.05, 0) is 53.3 Å². The van der Waals surface area contributed by atoms with Gasteiger partial charge in [-0.1, -0.05) is 6.07 Å². The van der Waals surface area contributed by atoms with E-state index in [9.17, 15) is 19.7 Å². The summed E-state index contributed by atoms with van der Waals surface area (Å²) in [7, 11) is 0. The normalized spacial score (nSPS) is 10.8. The molecule has 0 atom stereocenters. The molecule has 1 N–H and O–H groups in total. The highest BCUT2D eigenvalue weighted by molar-refractivity contribution is 14.1. The Morgan fingerprint density at radius 3 is 2.76 bits per heavy atom. The van der Waals surface area contributed by atoms with Crippen LogP contribution in [-0.2, 0) is 11.3 Å². The first-order valence-corrected chi connectivity index (χ1v) is 8.27. The number of rotatable bonds is 4. The fourth-order valence-corrected chi connectivity index (χ4v) is 2.85. The number of non-ortho nitro benzene ring substituents is 1. The van der Waals surface area contributed by atoms with Crippen LogP contribution in [-0.4, -0.2) is 15.4 Å². The van der Waals surface area contributed by atoms with Crippen molar-refractivity contribution in [1.29, 1.82) is 0 Å². The summed E-state index contributed by atoms with van der Waals surface area (Å²) in [6, 6.07) is 9.29. The summed E-state index contributed by atoms with van der Waals surface area (Å²) in [6.07, 6.45) is 0. The zero-order chi connectivity index (χ0) is 18.1. The third-order valence-electron chi connectivity index (χ3n) is 3.62. The topological polar surface area (TPSA) is 107 Å². The summed E-state index contributed by atoms with van der Waals surface area (Å²) >= 11 is 2.17. The van der Waals surface area contributed by atoms with Crippen LogP contribution >= 0.6 is 22.6 Å².